The van der Waals surface area contributed by atoms with Crippen LogP contribution in [0, 0.1) is 17.8 Å². The molecule has 0 saturated heterocycles. The van der Waals surface area contributed by atoms with Crippen molar-refractivity contribution in [1.82, 2.24) is 0 Å². The zero-order valence-electron chi connectivity index (χ0n) is 9.38. The molecule has 0 bridgehead atoms. The predicted molar refractivity (Wildman–Crippen MR) is 58.9 cm³/mol. The first-order valence-electron chi connectivity index (χ1n) is 5.28. The highest BCUT2D eigenvalue weighted by Crippen LogP contribution is 2.36. The number of carboxylic acids is 2. The molecule has 0 fully saturated rings. The summed E-state index contributed by atoms with van der Waals surface area (Å²) in [6.07, 6.45) is 5.51. The van der Waals surface area contributed by atoms with E-state index in [-0.39, 0.29) is 11.5 Å². The highest BCUT2D eigenvalue weighted by Gasteiger charge is 2.38. The summed E-state index contributed by atoms with van der Waals surface area (Å²) in [7, 11) is 0. The van der Waals surface area contributed by atoms with E-state index in [1.54, 1.807) is 25.2 Å². The number of aliphatic carboxylic acids is 2. The van der Waals surface area contributed by atoms with Crippen LogP contribution in [0.1, 0.15) is 20.3 Å². The van der Waals surface area contributed by atoms with Crippen LogP contribution in [-0.2, 0) is 9.59 Å². The van der Waals surface area contributed by atoms with Gasteiger partial charge in [0.2, 0.25) is 0 Å². The molecule has 0 saturated carbocycles. The summed E-state index contributed by atoms with van der Waals surface area (Å²) in [6.45, 7) is 3.60. The van der Waals surface area contributed by atoms with Crippen LogP contribution in [0.3, 0.4) is 0 Å². The quantitative estimate of drug-likeness (QED) is 0.718. The average molecular weight is 224 g/mol. The number of hydrogen-bond acceptors (Lipinski definition) is 2. The third kappa shape index (κ3) is 2.32. The average Bonchev–Trinajstić information content (AvgIpc) is 2.17. The van der Waals surface area contributed by atoms with Gasteiger partial charge in [-0.1, -0.05) is 25.2 Å². The summed E-state index contributed by atoms with van der Waals surface area (Å²) >= 11 is 0. The molecule has 0 aromatic carbocycles. The lowest BCUT2D eigenvalue weighted by Gasteiger charge is -2.30. The predicted octanol–water partition coefficient (Wildman–Crippen LogP) is 1.93. The fraction of sp³-hybridized carbons (Fsp3) is 0.500. The minimum absolute atomic E-state index is 0.0400. The fourth-order valence-electron chi connectivity index (χ4n) is 2.20. The van der Waals surface area contributed by atoms with E-state index in [1.165, 1.54) is 0 Å². The molecule has 2 N–H and O–H groups in total. The second-order valence-electron chi connectivity index (χ2n) is 4.09. The van der Waals surface area contributed by atoms with Gasteiger partial charge in [0.1, 0.15) is 0 Å². The van der Waals surface area contributed by atoms with E-state index in [1.807, 2.05) is 6.92 Å². The van der Waals surface area contributed by atoms with E-state index in [4.69, 9.17) is 10.2 Å². The molecule has 0 heterocycles. The van der Waals surface area contributed by atoms with Crippen LogP contribution in [-0.4, -0.2) is 22.2 Å². The Kier molecular flexibility index (Phi) is 3.88. The zero-order chi connectivity index (χ0) is 12.3. The summed E-state index contributed by atoms with van der Waals surface area (Å²) in [5, 5.41) is 18.2. The summed E-state index contributed by atoms with van der Waals surface area (Å²) in [4.78, 5) is 22.2. The summed E-state index contributed by atoms with van der Waals surface area (Å²) in [6, 6.07) is 0. The van der Waals surface area contributed by atoms with Crippen LogP contribution < -0.4 is 0 Å². The fourth-order valence-corrected chi connectivity index (χ4v) is 2.20. The summed E-state index contributed by atoms with van der Waals surface area (Å²) in [5.41, 5.74) is 0.198. The molecular formula is C12H16O4. The number of allylic oxidation sites excluding steroid dienone is 3. The van der Waals surface area contributed by atoms with Crippen molar-refractivity contribution >= 4 is 11.9 Å². The number of rotatable bonds is 3. The lowest BCUT2D eigenvalue weighted by Crippen LogP contribution is -2.34. The molecular weight excluding hydrogens is 208 g/mol. The van der Waals surface area contributed by atoms with Crippen molar-refractivity contribution in [3.05, 3.63) is 23.8 Å². The molecule has 0 spiro atoms. The monoisotopic (exact) mass is 224 g/mol. The lowest BCUT2D eigenvalue weighted by atomic mass is 9.72. The van der Waals surface area contributed by atoms with Gasteiger partial charge in [0.05, 0.1) is 5.92 Å². The number of carbonyl (C=O) groups is 2. The Morgan fingerprint density at radius 2 is 2.06 bits per heavy atom. The van der Waals surface area contributed by atoms with Gasteiger partial charge in [0.15, 0.2) is 0 Å². The first-order valence-corrected chi connectivity index (χ1v) is 5.28. The molecule has 3 unspecified atom stereocenters. The van der Waals surface area contributed by atoms with Crippen molar-refractivity contribution < 1.29 is 19.8 Å². The van der Waals surface area contributed by atoms with E-state index in [0.717, 1.165) is 0 Å². The molecule has 0 aromatic rings. The van der Waals surface area contributed by atoms with Gasteiger partial charge in [0.25, 0.3) is 0 Å². The molecule has 4 nitrogen and oxygen atoms in total. The van der Waals surface area contributed by atoms with Crippen LogP contribution in [0.5, 0.6) is 0 Å². The third-order valence-electron chi connectivity index (χ3n) is 3.00. The van der Waals surface area contributed by atoms with Crippen molar-refractivity contribution in [3.8, 4) is 0 Å². The normalized spacial score (nSPS) is 30.1. The Labute approximate surface area is 94.3 Å². The first-order chi connectivity index (χ1) is 7.49. The van der Waals surface area contributed by atoms with Crippen molar-refractivity contribution in [2.45, 2.75) is 20.3 Å². The molecule has 16 heavy (non-hydrogen) atoms. The molecule has 1 aliphatic rings. The molecule has 0 radical (unpaired) electrons. The molecule has 1 rings (SSSR count). The van der Waals surface area contributed by atoms with Crippen molar-refractivity contribution in [3.63, 3.8) is 0 Å². The van der Waals surface area contributed by atoms with Crippen LogP contribution in [0.4, 0.5) is 0 Å². The van der Waals surface area contributed by atoms with Crippen LogP contribution in [0.15, 0.2) is 23.8 Å². The maximum absolute atomic E-state index is 11.2. The summed E-state index contributed by atoms with van der Waals surface area (Å²) in [5.74, 6) is -3.17. The highest BCUT2D eigenvalue weighted by molar-refractivity contribution is 5.89. The Balaban J connectivity index is 3.13. The molecule has 4 heteroatoms. The van der Waals surface area contributed by atoms with E-state index in [2.05, 4.69) is 0 Å². The molecule has 0 amide bonds. The van der Waals surface area contributed by atoms with Gasteiger partial charge >= 0.3 is 11.9 Å². The van der Waals surface area contributed by atoms with Crippen molar-refractivity contribution in [2.24, 2.45) is 17.8 Å². The Bertz CT molecular complexity index is 354. The standard InChI is InChI=1S/C12H16O4/c1-3-4-8-9(11(13)14)6-5-7(2)10(8)12(15)16/h3-4,6-8,10H,5H2,1-2H3,(H,13,14)(H,15,16). The van der Waals surface area contributed by atoms with E-state index in [0.29, 0.717) is 6.42 Å². The Morgan fingerprint density at radius 1 is 1.44 bits per heavy atom. The lowest BCUT2D eigenvalue weighted by molar-refractivity contribution is -0.145. The Morgan fingerprint density at radius 3 is 2.50 bits per heavy atom. The van der Waals surface area contributed by atoms with E-state index >= 15 is 0 Å². The zero-order valence-corrected chi connectivity index (χ0v) is 9.38. The second kappa shape index (κ2) is 4.96. The highest BCUT2D eigenvalue weighted by atomic mass is 16.4. The van der Waals surface area contributed by atoms with Crippen LogP contribution in [0.25, 0.3) is 0 Å². The number of carboxylic acid groups (broad SMARTS) is 2. The second-order valence-corrected chi connectivity index (χ2v) is 4.09. The van der Waals surface area contributed by atoms with Gasteiger partial charge in [0, 0.05) is 11.5 Å². The van der Waals surface area contributed by atoms with Crippen molar-refractivity contribution in [2.75, 3.05) is 0 Å². The molecule has 0 aromatic heterocycles. The Hall–Kier alpha value is -1.58. The van der Waals surface area contributed by atoms with Gasteiger partial charge < -0.3 is 10.2 Å². The van der Waals surface area contributed by atoms with Gasteiger partial charge in [-0.15, -0.1) is 0 Å². The first kappa shape index (κ1) is 12.5. The van der Waals surface area contributed by atoms with Gasteiger partial charge in [-0.2, -0.15) is 0 Å². The molecule has 0 aliphatic heterocycles. The van der Waals surface area contributed by atoms with Crippen LogP contribution >= 0.6 is 0 Å². The maximum Gasteiger partial charge on any atom is 0.331 e. The SMILES string of the molecule is CC=CC1C(C(=O)O)=CCC(C)C1C(=O)O. The van der Waals surface area contributed by atoms with E-state index in [9.17, 15) is 9.59 Å². The van der Waals surface area contributed by atoms with E-state index < -0.39 is 23.8 Å². The van der Waals surface area contributed by atoms with Gasteiger partial charge in [-0.25, -0.2) is 4.79 Å². The smallest absolute Gasteiger partial charge is 0.331 e. The molecule has 88 valence electrons. The minimum atomic E-state index is -1.03. The van der Waals surface area contributed by atoms with Gasteiger partial charge in [-0.05, 0) is 19.3 Å². The maximum atomic E-state index is 11.2. The summed E-state index contributed by atoms with van der Waals surface area (Å²) < 4.78 is 0. The van der Waals surface area contributed by atoms with Crippen molar-refractivity contribution in [1.29, 1.82) is 0 Å². The van der Waals surface area contributed by atoms with Gasteiger partial charge in [-0.3, -0.25) is 4.79 Å². The molecule has 3 atom stereocenters. The number of hydrogen-bond donors (Lipinski definition) is 2. The topological polar surface area (TPSA) is 74.6 Å². The van der Waals surface area contributed by atoms with Crippen LogP contribution in [0.2, 0.25) is 0 Å². The molecule has 1 aliphatic carbocycles. The minimum Gasteiger partial charge on any atom is -0.481 e. The third-order valence-corrected chi connectivity index (χ3v) is 3.00. The largest absolute Gasteiger partial charge is 0.481 e.